The van der Waals surface area contributed by atoms with Crippen LogP contribution in [0.5, 0.6) is 0 Å². The van der Waals surface area contributed by atoms with Gasteiger partial charge in [-0.15, -0.1) is 0 Å². The fraction of sp³-hybridized carbons (Fsp3) is 0. The molecule has 4 N–H and O–H groups in total. The fourth-order valence-corrected chi connectivity index (χ4v) is 2.14. The first-order valence-corrected chi connectivity index (χ1v) is 6.39. The number of para-hydroxylation sites is 1. The number of nitrogens with zero attached hydrogens (tertiary/aromatic N) is 1. The third-order valence-corrected chi connectivity index (χ3v) is 3.25. The molecule has 0 spiro atoms. The van der Waals surface area contributed by atoms with Crippen LogP contribution < -0.4 is 5.73 Å². The summed E-state index contributed by atoms with van der Waals surface area (Å²) in [7, 11) is 0. The number of rotatable bonds is 3. The number of carboxylic acid groups (broad SMARTS) is 1. The smallest absolute Gasteiger partial charge is 0.335 e. The van der Waals surface area contributed by atoms with Crippen molar-refractivity contribution in [3.05, 3.63) is 59.3 Å². The predicted octanol–water partition coefficient (Wildman–Crippen LogP) is 3.01. The molecular formula is C16H13N3O2. The van der Waals surface area contributed by atoms with Crippen molar-refractivity contribution in [3.63, 3.8) is 0 Å². The summed E-state index contributed by atoms with van der Waals surface area (Å²) in [5.74, 6) is -0.990. The molecule has 0 amide bonds. The topological polar surface area (TPSA) is 92.0 Å². The van der Waals surface area contributed by atoms with Gasteiger partial charge in [0, 0.05) is 11.1 Å². The summed E-state index contributed by atoms with van der Waals surface area (Å²) in [6.07, 6.45) is 3.68. The van der Waals surface area contributed by atoms with Crippen molar-refractivity contribution >= 4 is 34.7 Å². The van der Waals surface area contributed by atoms with E-state index in [1.54, 1.807) is 6.07 Å². The van der Waals surface area contributed by atoms with Gasteiger partial charge in [0.05, 0.1) is 16.8 Å². The van der Waals surface area contributed by atoms with Gasteiger partial charge in [0.25, 0.3) is 0 Å². The lowest BCUT2D eigenvalue weighted by molar-refractivity contribution is 0.0697. The molecule has 0 unspecified atom stereocenters. The van der Waals surface area contributed by atoms with Gasteiger partial charge in [0.2, 0.25) is 0 Å². The van der Waals surface area contributed by atoms with Crippen molar-refractivity contribution in [2.24, 2.45) is 0 Å². The summed E-state index contributed by atoms with van der Waals surface area (Å²) in [4.78, 5) is 10.9. The number of aromatic amines is 1. The molecule has 0 aliphatic carbocycles. The van der Waals surface area contributed by atoms with Gasteiger partial charge in [-0.2, -0.15) is 5.10 Å². The minimum Gasteiger partial charge on any atom is -0.478 e. The number of benzene rings is 2. The fourth-order valence-electron chi connectivity index (χ4n) is 2.14. The molecule has 0 atom stereocenters. The van der Waals surface area contributed by atoms with Gasteiger partial charge in [-0.1, -0.05) is 30.3 Å². The van der Waals surface area contributed by atoms with Gasteiger partial charge in [0.1, 0.15) is 0 Å². The van der Waals surface area contributed by atoms with Crippen molar-refractivity contribution < 1.29 is 9.90 Å². The molecule has 0 saturated heterocycles. The highest BCUT2D eigenvalue weighted by Crippen LogP contribution is 2.20. The van der Waals surface area contributed by atoms with Crippen LogP contribution in [0.4, 0.5) is 5.69 Å². The van der Waals surface area contributed by atoms with Gasteiger partial charge >= 0.3 is 5.97 Å². The first-order chi connectivity index (χ1) is 10.1. The van der Waals surface area contributed by atoms with E-state index in [0.29, 0.717) is 5.69 Å². The van der Waals surface area contributed by atoms with Crippen molar-refractivity contribution in [1.29, 1.82) is 0 Å². The van der Waals surface area contributed by atoms with E-state index in [1.807, 2.05) is 36.4 Å². The minimum atomic E-state index is -0.990. The Kier molecular flexibility index (Phi) is 3.16. The Morgan fingerprint density at radius 2 is 2.00 bits per heavy atom. The van der Waals surface area contributed by atoms with Gasteiger partial charge in [0.15, 0.2) is 0 Å². The SMILES string of the molecule is Nc1cc(C(=O)O)ccc1/C=C/c1n[nH]c2ccccc12. The highest BCUT2D eigenvalue weighted by Gasteiger charge is 2.05. The van der Waals surface area contributed by atoms with Crippen LogP contribution in [0.15, 0.2) is 42.5 Å². The Labute approximate surface area is 120 Å². The van der Waals surface area contributed by atoms with Crippen LogP contribution in [0.2, 0.25) is 0 Å². The molecule has 0 radical (unpaired) electrons. The molecule has 5 nitrogen and oxygen atoms in total. The zero-order valence-corrected chi connectivity index (χ0v) is 11.1. The summed E-state index contributed by atoms with van der Waals surface area (Å²) in [5, 5.41) is 17.1. The minimum absolute atomic E-state index is 0.176. The zero-order chi connectivity index (χ0) is 14.8. The van der Waals surface area contributed by atoms with E-state index in [-0.39, 0.29) is 5.56 Å². The molecule has 5 heteroatoms. The van der Waals surface area contributed by atoms with Crippen molar-refractivity contribution in [1.82, 2.24) is 10.2 Å². The molecule has 1 heterocycles. The quantitative estimate of drug-likeness (QED) is 0.642. The average Bonchev–Trinajstić information content (AvgIpc) is 2.89. The summed E-state index contributed by atoms with van der Waals surface area (Å²) in [6, 6.07) is 12.5. The number of carboxylic acids is 1. The number of aromatic carboxylic acids is 1. The first-order valence-electron chi connectivity index (χ1n) is 6.39. The Morgan fingerprint density at radius 1 is 1.19 bits per heavy atom. The molecule has 0 aliphatic heterocycles. The molecular weight excluding hydrogens is 266 g/mol. The number of nitrogen functional groups attached to an aromatic ring is 1. The summed E-state index contributed by atoms with van der Waals surface area (Å²) < 4.78 is 0. The number of fused-ring (bicyclic) bond motifs is 1. The lowest BCUT2D eigenvalue weighted by Crippen LogP contribution is -1.98. The maximum atomic E-state index is 10.9. The highest BCUT2D eigenvalue weighted by atomic mass is 16.4. The lowest BCUT2D eigenvalue weighted by Gasteiger charge is -2.01. The molecule has 0 fully saturated rings. The molecule has 0 bridgehead atoms. The van der Waals surface area contributed by atoms with Crippen LogP contribution in [0, 0.1) is 0 Å². The number of hydrogen-bond acceptors (Lipinski definition) is 3. The monoisotopic (exact) mass is 279 g/mol. The van der Waals surface area contributed by atoms with E-state index < -0.39 is 5.97 Å². The van der Waals surface area contributed by atoms with Gasteiger partial charge < -0.3 is 10.8 Å². The normalized spacial score (nSPS) is 11.2. The lowest BCUT2D eigenvalue weighted by atomic mass is 10.1. The zero-order valence-electron chi connectivity index (χ0n) is 11.1. The third kappa shape index (κ3) is 2.49. The second-order valence-corrected chi connectivity index (χ2v) is 4.64. The van der Waals surface area contributed by atoms with E-state index in [0.717, 1.165) is 22.2 Å². The Bertz CT molecular complexity index is 850. The van der Waals surface area contributed by atoms with E-state index in [2.05, 4.69) is 10.2 Å². The van der Waals surface area contributed by atoms with E-state index in [9.17, 15) is 4.79 Å². The Hall–Kier alpha value is -3.08. The summed E-state index contributed by atoms with van der Waals surface area (Å²) >= 11 is 0. The van der Waals surface area contributed by atoms with Gasteiger partial charge in [-0.25, -0.2) is 4.79 Å². The van der Waals surface area contributed by atoms with Crippen molar-refractivity contribution in [3.8, 4) is 0 Å². The number of nitrogens with two attached hydrogens (primary N) is 1. The van der Waals surface area contributed by atoms with Crippen LogP contribution in [-0.4, -0.2) is 21.3 Å². The van der Waals surface area contributed by atoms with Crippen LogP contribution in [0.3, 0.4) is 0 Å². The van der Waals surface area contributed by atoms with E-state index in [4.69, 9.17) is 10.8 Å². The number of carbonyl (C=O) groups is 1. The molecule has 21 heavy (non-hydrogen) atoms. The molecule has 0 saturated carbocycles. The first kappa shape index (κ1) is 12.9. The maximum Gasteiger partial charge on any atom is 0.335 e. The second kappa shape index (κ2) is 5.13. The van der Waals surface area contributed by atoms with Crippen LogP contribution >= 0.6 is 0 Å². The number of H-pyrrole nitrogens is 1. The van der Waals surface area contributed by atoms with Gasteiger partial charge in [-0.05, 0) is 29.8 Å². The van der Waals surface area contributed by atoms with Gasteiger partial charge in [-0.3, -0.25) is 5.10 Å². The standard InChI is InChI=1S/C16H13N3O2/c17-13-9-11(16(20)21)6-5-10(13)7-8-15-12-3-1-2-4-14(12)18-19-15/h1-9H,17H2,(H,18,19)(H,20,21)/b8-7+. The second-order valence-electron chi connectivity index (χ2n) is 4.64. The summed E-state index contributed by atoms with van der Waals surface area (Å²) in [6.45, 7) is 0. The number of anilines is 1. The molecule has 104 valence electrons. The van der Waals surface area contributed by atoms with Crippen LogP contribution in [0.1, 0.15) is 21.6 Å². The number of aromatic nitrogens is 2. The molecule has 2 aromatic carbocycles. The maximum absolute atomic E-state index is 10.9. The molecule has 0 aliphatic rings. The average molecular weight is 279 g/mol. The predicted molar refractivity (Wildman–Crippen MR) is 82.8 cm³/mol. The molecule has 1 aromatic heterocycles. The molecule has 3 rings (SSSR count). The van der Waals surface area contributed by atoms with E-state index >= 15 is 0 Å². The Balaban J connectivity index is 1.94. The van der Waals surface area contributed by atoms with Crippen molar-refractivity contribution in [2.75, 3.05) is 5.73 Å². The third-order valence-electron chi connectivity index (χ3n) is 3.25. The van der Waals surface area contributed by atoms with Crippen molar-refractivity contribution in [2.45, 2.75) is 0 Å². The number of hydrogen-bond donors (Lipinski definition) is 3. The van der Waals surface area contributed by atoms with Crippen LogP contribution in [0.25, 0.3) is 23.1 Å². The summed E-state index contributed by atoms with van der Waals surface area (Å²) in [5.41, 5.74) is 9.00. The Morgan fingerprint density at radius 3 is 2.76 bits per heavy atom. The molecule has 3 aromatic rings. The largest absolute Gasteiger partial charge is 0.478 e. The van der Waals surface area contributed by atoms with E-state index in [1.165, 1.54) is 12.1 Å². The number of nitrogens with one attached hydrogen (secondary N) is 1. The van der Waals surface area contributed by atoms with Crippen LogP contribution in [-0.2, 0) is 0 Å². The highest BCUT2D eigenvalue weighted by molar-refractivity contribution is 5.92.